The minimum Gasteiger partial charge on any atom is -0.351 e. The summed E-state index contributed by atoms with van der Waals surface area (Å²) in [7, 11) is 0. The van der Waals surface area contributed by atoms with Gasteiger partial charge in [0.25, 0.3) is 0 Å². The molecule has 8 heteroatoms. The molecule has 1 unspecified atom stereocenters. The Morgan fingerprint density at radius 3 is 3.04 bits per heavy atom. The summed E-state index contributed by atoms with van der Waals surface area (Å²) < 4.78 is 2.25. The standard InChI is InChI=1S/C17H21N7S/c1-10-3-5-23(17-22-8-14(18)25-17)9-12(10)16-21-7-11-6-20-15-13(24(11)16)2-4-19-15/h2,4,6-7,10,12,14,19H,3,5,8-9,18H2,1H3/t10-,12+,14?/m1/s1. The molecule has 0 radical (unpaired) electrons. The van der Waals surface area contributed by atoms with Crippen LogP contribution in [0, 0.1) is 5.92 Å². The summed E-state index contributed by atoms with van der Waals surface area (Å²) in [6.07, 6.45) is 6.88. The molecule has 1 saturated heterocycles. The quantitative estimate of drug-likeness (QED) is 0.697. The second kappa shape index (κ2) is 5.74. The van der Waals surface area contributed by atoms with Gasteiger partial charge in [-0.2, -0.15) is 0 Å². The van der Waals surface area contributed by atoms with Crippen molar-refractivity contribution >= 4 is 33.6 Å². The first kappa shape index (κ1) is 15.2. The molecule has 3 aromatic heterocycles. The summed E-state index contributed by atoms with van der Waals surface area (Å²) in [4.78, 5) is 19.5. The summed E-state index contributed by atoms with van der Waals surface area (Å²) in [5, 5.41) is 1.20. The monoisotopic (exact) mass is 355 g/mol. The lowest BCUT2D eigenvalue weighted by atomic mass is 9.86. The molecule has 0 aliphatic carbocycles. The lowest BCUT2D eigenvalue weighted by molar-refractivity contribution is 0.240. The van der Waals surface area contributed by atoms with E-state index in [4.69, 9.17) is 10.7 Å². The molecular weight excluding hydrogens is 334 g/mol. The Morgan fingerprint density at radius 1 is 1.32 bits per heavy atom. The molecule has 5 rings (SSSR count). The minimum atomic E-state index is 0.102. The first-order valence-corrected chi connectivity index (χ1v) is 9.60. The molecule has 130 valence electrons. The summed E-state index contributed by atoms with van der Waals surface area (Å²) in [5.41, 5.74) is 9.03. The SMILES string of the molecule is C[C@@H]1CCN(C2=NCC(N)S2)C[C@@H]1c1ncc2cnc3[nH]ccc3n12. The van der Waals surface area contributed by atoms with Gasteiger partial charge in [-0.1, -0.05) is 18.7 Å². The number of fused-ring (bicyclic) bond motifs is 3. The summed E-state index contributed by atoms with van der Waals surface area (Å²) in [5.74, 6) is 2.05. The van der Waals surface area contributed by atoms with Gasteiger partial charge in [0.2, 0.25) is 0 Å². The molecule has 0 bridgehead atoms. The van der Waals surface area contributed by atoms with Crippen molar-refractivity contribution in [1.29, 1.82) is 0 Å². The average Bonchev–Trinajstić information content (AvgIpc) is 3.32. The van der Waals surface area contributed by atoms with Crippen molar-refractivity contribution in [2.75, 3.05) is 19.6 Å². The van der Waals surface area contributed by atoms with Crippen LogP contribution in [-0.4, -0.2) is 54.4 Å². The van der Waals surface area contributed by atoms with Gasteiger partial charge in [0, 0.05) is 25.2 Å². The van der Waals surface area contributed by atoms with Crippen molar-refractivity contribution in [3.8, 4) is 0 Å². The van der Waals surface area contributed by atoms with E-state index in [2.05, 4.69) is 37.3 Å². The fourth-order valence-electron chi connectivity index (χ4n) is 3.89. The molecule has 25 heavy (non-hydrogen) atoms. The number of nitrogens with one attached hydrogen (secondary N) is 1. The third-order valence-corrected chi connectivity index (χ3v) is 6.36. The van der Waals surface area contributed by atoms with Crippen LogP contribution >= 0.6 is 11.8 Å². The van der Waals surface area contributed by atoms with Crippen molar-refractivity contribution < 1.29 is 0 Å². The van der Waals surface area contributed by atoms with E-state index in [1.807, 2.05) is 18.6 Å². The van der Waals surface area contributed by atoms with E-state index in [1.165, 1.54) is 0 Å². The molecule has 3 atom stereocenters. The number of H-pyrrole nitrogens is 1. The number of likely N-dealkylation sites (tertiary alicyclic amines) is 1. The van der Waals surface area contributed by atoms with Gasteiger partial charge in [0.1, 0.15) is 5.82 Å². The molecule has 0 aromatic carbocycles. The topological polar surface area (TPSA) is 87.6 Å². The molecule has 0 amide bonds. The molecule has 2 aliphatic heterocycles. The Kier molecular flexibility index (Phi) is 3.49. The molecule has 2 aliphatic rings. The Labute approximate surface area is 149 Å². The second-order valence-electron chi connectivity index (χ2n) is 6.94. The highest BCUT2D eigenvalue weighted by Crippen LogP contribution is 2.35. The fourth-order valence-corrected chi connectivity index (χ4v) is 4.78. The van der Waals surface area contributed by atoms with Crippen molar-refractivity contribution in [2.45, 2.75) is 24.6 Å². The van der Waals surface area contributed by atoms with Gasteiger partial charge in [-0.3, -0.25) is 9.39 Å². The number of nitrogens with zero attached hydrogens (tertiary/aromatic N) is 5. The lowest BCUT2D eigenvalue weighted by Crippen LogP contribution is -2.41. The molecule has 1 fully saturated rings. The number of hydrogen-bond acceptors (Lipinski definition) is 6. The first-order chi connectivity index (χ1) is 12.2. The number of rotatable bonds is 1. The van der Waals surface area contributed by atoms with Gasteiger partial charge in [0.15, 0.2) is 10.8 Å². The summed E-state index contributed by atoms with van der Waals surface area (Å²) in [6.45, 7) is 5.03. The molecule has 7 nitrogen and oxygen atoms in total. The third-order valence-electron chi connectivity index (χ3n) is 5.31. The Balaban J connectivity index is 1.55. The van der Waals surface area contributed by atoms with Gasteiger partial charge in [0.05, 0.1) is 35.3 Å². The van der Waals surface area contributed by atoms with E-state index in [-0.39, 0.29) is 5.37 Å². The maximum absolute atomic E-state index is 6.01. The third kappa shape index (κ3) is 2.43. The second-order valence-corrected chi connectivity index (χ2v) is 8.15. The van der Waals surface area contributed by atoms with Crippen LogP contribution in [0.5, 0.6) is 0 Å². The van der Waals surface area contributed by atoms with E-state index in [9.17, 15) is 0 Å². The van der Waals surface area contributed by atoms with E-state index in [1.54, 1.807) is 11.8 Å². The summed E-state index contributed by atoms with van der Waals surface area (Å²) >= 11 is 1.69. The Bertz CT molecular complexity index is 958. The number of aromatic nitrogens is 4. The largest absolute Gasteiger partial charge is 0.351 e. The molecule has 0 saturated carbocycles. The first-order valence-electron chi connectivity index (χ1n) is 8.72. The molecular formula is C17H21N7S. The van der Waals surface area contributed by atoms with Crippen LogP contribution in [0.2, 0.25) is 0 Å². The maximum atomic E-state index is 6.01. The lowest BCUT2D eigenvalue weighted by Gasteiger charge is -2.37. The number of nitrogens with two attached hydrogens (primary N) is 1. The number of hydrogen-bond donors (Lipinski definition) is 2. The van der Waals surface area contributed by atoms with Gasteiger partial charge >= 0.3 is 0 Å². The van der Waals surface area contributed by atoms with Gasteiger partial charge in [-0.25, -0.2) is 9.97 Å². The molecule has 5 heterocycles. The van der Waals surface area contributed by atoms with Gasteiger partial charge in [-0.15, -0.1) is 0 Å². The van der Waals surface area contributed by atoms with Crippen LogP contribution in [0.15, 0.2) is 29.6 Å². The maximum Gasteiger partial charge on any atom is 0.160 e. The Morgan fingerprint density at radius 2 is 2.20 bits per heavy atom. The fraction of sp³-hybridized carbons (Fsp3) is 0.471. The van der Waals surface area contributed by atoms with Crippen molar-refractivity contribution in [3.63, 3.8) is 0 Å². The number of aromatic amines is 1. The van der Waals surface area contributed by atoms with Crippen molar-refractivity contribution in [3.05, 3.63) is 30.5 Å². The number of piperidine rings is 1. The van der Waals surface area contributed by atoms with Gasteiger partial charge < -0.3 is 15.6 Å². The van der Waals surface area contributed by atoms with Crippen LogP contribution in [0.1, 0.15) is 25.1 Å². The van der Waals surface area contributed by atoms with E-state index in [0.29, 0.717) is 11.8 Å². The number of imidazole rings is 1. The summed E-state index contributed by atoms with van der Waals surface area (Å²) in [6, 6.07) is 2.07. The predicted octanol–water partition coefficient (Wildman–Crippen LogP) is 2.02. The van der Waals surface area contributed by atoms with Crippen LogP contribution in [0.4, 0.5) is 0 Å². The van der Waals surface area contributed by atoms with E-state index in [0.717, 1.165) is 53.7 Å². The average molecular weight is 355 g/mol. The highest BCUT2D eigenvalue weighted by Gasteiger charge is 2.33. The zero-order valence-corrected chi connectivity index (χ0v) is 14.9. The van der Waals surface area contributed by atoms with E-state index >= 15 is 0 Å². The normalized spacial score (nSPS) is 27.4. The zero-order chi connectivity index (χ0) is 17.0. The predicted molar refractivity (Wildman–Crippen MR) is 101 cm³/mol. The number of amidine groups is 1. The van der Waals surface area contributed by atoms with Crippen LogP contribution in [-0.2, 0) is 0 Å². The highest BCUT2D eigenvalue weighted by atomic mass is 32.2. The molecule has 3 N–H and O–H groups in total. The zero-order valence-electron chi connectivity index (χ0n) is 14.1. The van der Waals surface area contributed by atoms with E-state index < -0.39 is 0 Å². The minimum absolute atomic E-state index is 0.102. The smallest absolute Gasteiger partial charge is 0.160 e. The number of aliphatic imine (C=N–C) groups is 1. The van der Waals surface area contributed by atoms with Gasteiger partial charge in [-0.05, 0) is 18.4 Å². The van der Waals surface area contributed by atoms with Crippen LogP contribution in [0.25, 0.3) is 16.7 Å². The van der Waals surface area contributed by atoms with Crippen molar-refractivity contribution in [2.24, 2.45) is 16.6 Å². The Hall–Kier alpha value is -2.06. The van der Waals surface area contributed by atoms with Crippen molar-refractivity contribution in [1.82, 2.24) is 24.3 Å². The van der Waals surface area contributed by atoms with Crippen LogP contribution < -0.4 is 5.73 Å². The molecule has 0 spiro atoms. The molecule has 3 aromatic rings. The number of thioether (sulfide) groups is 1. The highest BCUT2D eigenvalue weighted by molar-refractivity contribution is 8.14. The van der Waals surface area contributed by atoms with Crippen LogP contribution in [0.3, 0.4) is 0 Å².